The van der Waals surface area contributed by atoms with Crippen LogP contribution in [0.25, 0.3) is 22.4 Å². The number of pyridine rings is 1. The Kier molecular flexibility index (Phi) is 7.76. The Bertz CT molecular complexity index is 1660. The first-order valence-corrected chi connectivity index (χ1v) is 14.0. The highest BCUT2D eigenvalue weighted by atomic mass is 35.5. The molecule has 2 aliphatic heterocycles. The van der Waals surface area contributed by atoms with E-state index in [0.717, 1.165) is 27.9 Å². The zero-order valence-corrected chi connectivity index (χ0v) is 24.5. The van der Waals surface area contributed by atoms with Gasteiger partial charge in [0.25, 0.3) is 5.91 Å². The normalized spacial score (nSPS) is 14.8. The van der Waals surface area contributed by atoms with Gasteiger partial charge in [0, 0.05) is 49.2 Å². The number of benzene rings is 2. The second kappa shape index (κ2) is 11.6. The Hall–Kier alpha value is -4.12. The van der Waals surface area contributed by atoms with Crippen molar-refractivity contribution >= 4 is 40.8 Å². The van der Waals surface area contributed by atoms with Gasteiger partial charge in [-0.15, -0.1) is 0 Å². The van der Waals surface area contributed by atoms with Gasteiger partial charge in [-0.05, 0) is 35.9 Å². The lowest BCUT2D eigenvalue weighted by atomic mass is 10.0. The molecular weight excluding hydrogens is 581 g/mol. The molecule has 2 aliphatic rings. The topological polar surface area (TPSA) is 99.0 Å². The summed E-state index contributed by atoms with van der Waals surface area (Å²) in [5.41, 5.74) is 5.19. The molecule has 6 rings (SSSR count). The van der Waals surface area contributed by atoms with Crippen LogP contribution in [0.15, 0.2) is 55.0 Å². The molecule has 0 bridgehead atoms. The number of nitrogens with zero attached hydrogens (tertiary/aromatic N) is 5. The SMILES string of the molecule is COC(=O)c1ccc(-c2nccc3c2OCN(C(=O)c2c(Cl)cc(-c4cnn(C)c4)cc2Cl)C3)cc1N1CCOCC1. The van der Waals surface area contributed by atoms with Crippen molar-refractivity contribution in [1.82, 2.24) is 19.7 Å². The van der Waals surface area contributed by atoms with Gasteiger partial charge in [-0.2, -0.15) is 5.10 Å². The fourth-order valence-corrected chi connectivity index (χ4v) is 5.85. The van der Waals surface area contributed by atoms with Crippen molar-refractivity contribution in [2.45, 2.75) is 6.54 Å². The Morgan fingerprint density at radius 2 is 1.76 bits per heavy atom. The molecule has 42 heavy (non-hydrogen) atoms. The molecule has 1 fully saturated rings. The number of hydrogen-bond donors (Lipinski definition) is 0. The van der Waals surface area contributed by atoms with Gasteiger partial charge in [0.05, 0.1) is 59.9 Å². The van der Waals surface area contributed by atoms with Crippen LogP contribution in [0, 0.1) is 0 Å². The maximum atomic E-state index is 13.6. The van der Waals surface area contributed by atoms with Crippen LogP contribution in [-0.4, -0.2) is 71.7 Å². The molecule has 4 heterocycles. The third-order valence-corrected chi connectivity index (χ3v) is 7.92. The summed E-state index contributed by atoms with van der Waals surface area (Å²) in [4.78, 5) is 34.4. The van der Waals surface area contributed by atoms with E-state index in [0.29, 0.717) is 43.3 Å². The number of hydrogen-bond acceptors (Lipinski definition) is 8. The Labute approximate surface area is 252 Å². The number of anilines is 1. The number of fused-ring (bicyclic) bond motifs is 1. The highest BCUT2D eigenvalue weighted by Crippen LogP contribution is 2.39. The molecule has 2 aromatic carbocycles. The summed E-state index contributed by atoms with van der Waals surface area (Å²) >= 11 is 13.2. The maximum absolute atomic E-state index is 13.6. The maximum Gasteiger partial charge on any atom is 0.339 e. The van der Waals surface area contributed by atoms with Crippen LogP contribution in [0.3, 0.4) is 0 Å². The van der Waals surface area contributed by atoms with Gasteiger partial charge < -0.3 is 24.0 Å². The molecule has 216 valence electrons. The molecule has 1 saturated heterocycles. The van der Waals surface area contributed by atoms with Crippen LogP contribution in [0.5, 0.6) is 5.75 Å². The standard InChI is InChI=1S/C30H27Cl2N5O5/c1-35-15-21(14-34-35)20-11-23(31)26(24(32)12-20)29(38)37-16-19-5-6-33-27(28(19)42-17-37)18-3-4-22(30(39)40-2)25(13-18)36-7-9-41-10-8-36/h3-6,11-15H,7-10,16-17H2,1-2H3. The van der Waals surface area contributed by atoms with E-state index in [1.54, 1.807) is 40.2 Å². The van der Waals surface area contributed by atoms with Gasteiger partial charge in [0.1, 0.15) is 5.69 Å². The number of halogens is 2. The van der Waals surface area contributed by atoms with Gasteiger partial charge in [0.2, 0.25) is 0 Å². The summed E-state index contributed by atoms with van der Waals surface area (Å²) in [5.74, 6) is -0.185. The number of amides is 1. The van der Waals surface area contributed by atoms with Crippen molar-refractivity contribution < 1.29 is 23.8 Å². The summed E-state index contributed by atoms with van der Waals surface area (Å²) < 4.78 is 18.3. The van der Waals surface area contributed by atoms with E-state index >= 15 is 0 Å². The van der Waals surface area contributed by atoms with Crippen molar-refractivity contribution in [3.8, 4) is 28.1 Å². The average molecular weight is 608 g/mol. The fourth-order valence-electron chi connectivity index (χ4n) is 5.20. The Morgan fingerprint density at radius 3 is 2.45 bits per heavy atom. The van der Waals surface area contributed by atoms with E-state index in [2.05, 4.69) is 15.0 Å². The minimum absolute atomic E-state index is 0.0158. The van der Waals surface area contributed by atoms with Crippen molar-refractivity contribution in [2.24, 2.45) is 7.05 Å². The van der Waals surface area contributed by atoms with Gasteiger partial charge in [-0.1, -0.05) is 29.3 Å². The lowest BCUT2D eigenvalue weighted by Crippen LogP contribution is -2.38. The average Bonchev–Trinajstić information content (AvgIpc) is 3.46. The molecule has 2 aromatic heterocycles. The molecule has 0 radical (unpaired) electrons. The number of aromatic nitrogens is 3. The molecule has 0 aliphatic carbocycles. The quantitative estimate of drug-likeness (QED) is 0.290. The van der Waals surface area contributed by atoms with E-state index in [-0.39, 0.29) is 34.8 Å². The number of methoxy groups -OCH3 is 1. The van der Waals surface area contributed by atoms with Crippen LogP contribution in [0.2, 0.25) is 10.0 Å². The van der Waals surface area contributed by atoms with Crippen molar-refractivity contribution in [3.63, 3.8) is 0 Å². The van der Waals surface area contributed by atoms with Gasteiger partial charge in [0.15, 0.2) is 12.5 Å². The lowest BCUT2D eigenvalue weighted by Gasteiger charge is -2.31. The molecule has 12 heteroatoms. The number of carbonyl (C=O) groups excluding carboxylic acids is 2. The van der Waals surface area contributed by atoms with E-state index in [1.165, 1.54) is 7.11 Å². The molecule has 1 amide bonds. The molecular formula is C30H27Cl2N5O5. The predicted octanol–water partition coefficient (Wildman–Crippen LogP) is 5.07. The van der Waals surface area contributed by atoms with Gasteiger partial charge in [-0.25, -0.2) is 4.79 Å². The molecule has 0 unspecified atom stereocenters. The van der Waals surface area contributed by atoms with E-state index in [4.69, 9.17) is 37.4 Å². The Balaban J connectivity index is 1.29. The number of ether oxygens (including phenoxy) is 3. The third kappa shape index (κ3) is 5.29. The van der Waals surface area contributed by atoms with Crippen molar-refractivity contribution in [3.05, 3.63) is 81.7 Å². The summed E-state index contributed by atoms with van der Waals surface area (Å²) in [7, 11) is 3.19. The van der Waals surface area contributed by atoms with Crippen LogP contribution >= 0.6 is 23.2 Å². The zero-order chi connectivity index (χ0) is 29.4. The Morgan fingerprint density at radius 1 is 1.00 bits per heavy atom. The molecule has 4 aromatic rings. The number of carbonyl (C=O) groups is 2. The molecule has 0 atom stereocenters. The first-order valence-electron chi connectivity index (χ1n) is 13.3. The first kappa shape index (κ1) is 28.0. The van der Waals surface area contributed by atoms with Crippen molar-refractivity contribution in [2.75, 3.05) is 45.0 Å². The highest BCUT2D eigenvalue weighted by Gasteiger charge is 2.29. The molecule has 0 saturated carbocycles. The third-order valence-electron chi connectivity index (χ3n) is 7.32. The number of esters is 1. The second-order valence-electron chi connectivity index (χ2n) is 9.96. The smallest absolute Gasteiger partial charge is 0.339 e. The summed E-state index contributed by atoms with van der Waals surface area (Å²) in [6, 6.07) is 10.7. The molecule has 0 N–H and O–H groups in total. The van der Waals surface area contributed by atoms with Gasteiger partial charge in [-0.3, -0.25) is 14.5 Å². The minimum atomic E-state index is -0.415. The molecule has 0 spiro atoms. The van der Waals surface area contributed by atoms with Crippen LogP contribution < -0.4 is 9.64 Å². The summed E-state index contributed by atoms with van der Waals surface area (Å²) in [6.45, 7) is 2.69. The molecule has 10 nitrogen and oxygen atoms in total. The second-order valence-corrected chi connectivity index (χ2v) is 10.8. The van der Waals surface area contributed by atoms with Crippen molar-refractivity contribution in [1.29, 1.82) is 0 Å². The number of morpholine rings is 1. The van der Waals surface area contributed by atoms with E-state index in [1.807, 2.05) is 31.4 Å². The monoisotopic (exact) mass is 607 g/mol. The largest absolute Gasteiger partial charge is 0.470 e. The zero-order valence-electron chi connectivity index (χ0n) is 23.0. The number of rotatable bonds is 5. The minimum Gasteiger partial charge on any atom is -0.470 e. The summed E-state index contributed by atoms with van der Waals surface area (Å²) in [6.07, 6.45) is 5.23. The summed E-state index contributed by atoms with van der Waals surface area (Å²) in [5, 5.41) is 4.67. The predicted molar refractivity (Wildman–Crippen MR) is 158 cm³/mol. The van der Waals surface area contributed by atoms with Crippen LogP contribution in [0.4, 0.5) is 5.69 Å². The van der Waals surface area contributed by atoms with Gasteiger partial charge >= 0.3 is 5.97 Å². The lowest BCUT2D eigenvalue weighted by molar-refractivity contribution is 0.0514. The van der Waals surface area contributed by atoms with E-state index < -0.39 is 5.97 Å². The van der Waals surface area contributed by atoms with Crippen LogP contribution in [-0.2, 0) is 23.1 Å². The first-order chi connectivity index (χ1) is 20.3. The number of aryl methyl sites for hydroxylation is 1. The fraction of sp³-hybridized carbons (Fsp3) is 0.267. The van der Waals surface area contributed by atoms with E-state index in [9.17, 15) is 9.59 Å². The highest BCUT2D eigenvalue weighted by molar-refractivity contribution is 6.40. The van der Waals surface area contributed by atoms with Crippen LogP contribution in [0.1, 0.15) is 26.3 Å².